The molecule has 1 fully saturated rings. The van der Waals surface area contributed by atoms with Crippen molar-refractivity contribution in [1.82, 2.24) is 5.43 Å². The van der Waals surface area contributed by atoms with Crippen molar-refractivity contribution in [3.8, 4) is 11.5 Å². The summed E-state index contributed by atoms with van der Waals surface area (Å²) in [4.78, 5) is 14.9. The van der Waals surface area contributed by atoms with Gasteiger partial charge in [-0.3, -0.25) is 10.6 Å². The second kappa shape index (κ2) is 7.56. The van der Waals surface area contributed by atoms with Crippen molar-refractivity contribution in [3.63, 3.8) is 0 Å². The number of benzene rings is 2. The molecule has 2 aliphatic rings. The van der Waals surface area contributed by atoms with Crippen molar-refractivity contribution in [3.05, 3.63) is 59.8 Å². The lowest BCUT2D eigenvalue weighted by atomic mass is 9.92. The number of amides is 1. The molecule has 2 aromatic rings. The summed E-state index contributed by atoms with van der Waals surface area (Å²) in [5.74, 6) is 7.48. The lowest BCUT2D eigenvalue weighted by Crippen LogP contribution is -2.43. The largest absolute Gasteiger partial charge is 0.456 e. The molecule has 0 aromatic heterocycles. The number of rotatable bonds is 5. The van der Waals surface area contributed by atoms with Crippen molar-refractivity contribution >= 4 is 17.3 Å². The molecule has 1 atom stereocenters. The lowest BCUT2D eigenvalue weighted by molar-refractivity contribution is -0.120. The van der Waals surface area contributed by atoms with Crippen LogP contribution < -0.4 is 26.6 Å². The van der Waals surface area contributed by atoms with Gasteiger partial charge in [0.25, 0.3) is 0 Å². The van der Waals surface area contributed by atoms with E-state index in [-0.39, 0.29) is 17.9 Å². The summed E-state index contributed by atoms with van der Waals surface area (Å²) in [5.41, 5.74) is 11.7. The predicted octanol–water partition coefficient (Wildman–Crippen LogP) is 3.28. The quantitative estimate of drug-likeness (QED) is 0.548. The molecule has 6 heteroatoms. The summed E-state index contributed by atoms with van der Waals surface area (Å²) >= 11 is 0. The molecular formula is C22H26N4O2. The first-order valence-electron chi connectivity index (χ1n) is 9.74. The molecule has 0 saturated heterocycles. The molecule has 5 N–H and O–H groups in total. The van der Waals surface area contributed by atoms with Crippen LogP contribution in [0.4, 0.5) is 5.69 Å². The average Bonchev–Trinajstić information content (AvgIpc) is 3.56. The molecule has 1 unspecified atom stereocenters. The maximum atomic E-state index is 13.0. The van der Waals surface area contributed by atoms with E-state index in [0.717, 1.165) is 48.2 Å². The Morgan fingerprint density at radius 1 is 1.18 bits per heavy atom. The number of carbonyl (C=O) groups is 1. The first-order valence-corrected chi connectivity index (χ1v) is 9.74. The van der Waals surface area contributed by atoms with Crippen LogP contribution in [0.5, 0.6) is 11.5 Å². The van der Waals surface area contributed by atoms with Crippen molar-refractivity contribution < 1.29 is 9.53 Å². The Balaban J connectivity index is 1.84. The van der Waals surface area contributed by atoms with Gasteiger partial charge in [0.1, 0.15) is 11.5 Å². The van der Waals surface area contributed by atoms with Gasteiger partial charge in [-0.05, 0) is 56.9 Å². The number of anilines is 1. The van der Waals surface area contributed by atoms with Crippen molar-refractivity contribution in [2.75, 3.05) is 4.90 Å². The molecule has 1 aliphatic heterocycles. The molecule has 1 aliphatic carbocycles. The van der Waals surface area contributed by atoms with Gasteiger partial charge in [-0.25, -0.2) is 0 Å². The van der Waals surface area contributed by atoms with E-state index in [2.05, 4.69) is 12.3 Å². The highest BCUT2D eigenvalue weighted by atomic mass is 16.5. The third-order valence-corrected chi connectivity index (χ3v) is 5.49. The standard InChI is InChI=1S/C22H26N4O2/c1-14-7-10-18-20(26(14)22(27)15-8-9-15)12-11-17(19(13-23)25-24)21(18)28-16-5-3-2-4-6-16/h2-6,11-15,25H,7-10,23-24H2,1H3/b19-13-. The molecule has 2 aromatic carbocycles. The van der Waals surface area contributed by atoms with E-state index in [4.69, 9.17) is 16.3 Å². The van der Waals surface area contributed by atoms with Gasteiger partial charge in [-0.1, -0.05) is 18.2 Å². The zero-order valence-electron chi connectivity index (χ0n) is 16.0. The molecule has 0 bridgehead atoms. The molecule has 4 rings (SSSR count). The number of nitrogens with two attached hydrogens (primary N) is 2. The number of carbonyl (C=O) groups excluding carboxylic acids is 1. The number of ether oxygens (including phenoxy) is 1. The average molecular weight is 378 g/mol. The number of nitrogens with zero attached hydrogens (tertiary/aromatic N) is 1. The van der Waals surface area contributed by atoms with E-state index in [1.165, 1.54) is 6.20 Å². The first kappa shape index (κ1) is 18.4. The normalized spacial score (nSPS) is 19.1. The lowest BCUT2D eigenvalue weighted by Gasteiger charge is -2.37. The minimum Gasteiger partial charge on any atom is -0.456 e. The predicted molar refractivity (Wildman–Crippen MR) is 110 cm³/mol. The third kappa shape index (κ3) is 3.31. The summed E-state index contributed by atoms with van der Waals surface area (Å²) in [5, 5.41) is 0. The second-order valence-corrected chi connectivity index (χ2v) is 7.45. The Kier molecular flexibility index (Phi) is 4.96. The van der Waals surface area contributed by atoms with Gasteiger partial charge in [0.2, 0.25) is 5.91 Å². The number of hydrazine groups is 1. The zero-order valence-corrected chi connectivity index (χ0v) is 16.0. The highest BCUT2D eigenvalue weighted by molar-refractivity contribution is 5.99. The Labute approximate surface area is 165 Å². The maximum absolute atomic E-state index is 13.0. The van der Waals surface area contributed by atoms with Gasteiger partial charge < -0.3 is 20.8 Å². The van der Waals surface area contributed by atoms with Crippen LogP contribution in [0.25, 0.3) is 5.70 Å². The number of nitrogens with one attached hydrogen (secondary N) is 1. The molecular weight excluding hydrogens is 352 g/mol. The van der Waals surface area contributed by atoms with Crippen LogP contribution >= 0.6 is 0 Å². The summed E-state index contributed by atoms with van der Waals surface area (Å²) in [7, 11) is 0. The fourth-order valence-electron chi connectivity index (χ4n) is 3.82. The zero-order chi connectivity index (χ0) is 19.7. The first-order chi connectivity index (χ1) is 13.6. The topological polar surface area (TPSA) is 93.6 Å². The van der Waals surface area contributed by atoms with Crippen molar-refractivity contribution in [2.45, 2.75) is 38.6 Å². The maximum Gasteiger partial charge on any atom is 0.230 e. The summed E-state index contributed by atoms with van der Waals surface area (Å²) in [6, 6.07) is 13.7. The van der Waals surface area contributed by atoms with Crippen LogP contribution in [0.15, 0.2) is 48.7 Å². The monoisotopic (exact) mass is 378 g/mol. The number of fused-ring (bicyclic) bond motifs is 1. The Morgan fingerprint density at radius 2 is 1.93 bits per heavy atom. The molecule has 1 heterocycles. The van der Waals surface area contributed by atoms with Gasteiger partial charge in [0.15, 0.2) is 0 Å². The highest BCUT2D eigenvalue weighted by Gasteiger charge is 2.39. The number of hydrogen-bond donors (Lipinski definition) is 3. The van der Waals surface area contributed by atoms with E-state index < -0.39 is 0 Å². The van der Waals surface area contributed by atoms with E-state index in [9.17, 15) is 4.79 Å². The number of hydrogen-bond acceptors (Lipinski definition) is 5. The van der Waals surface area contributed by atoms with Crippen molar-refractivity contribution in [1.29, 1.82) is 0 Å². The van der Waals surface area contributed by atoms with E-state index in [1.807, 2.05) is 47.4 Å². The third-order valence-electron chi connectivity index (χ3n) is 5.49. The van der Waals surface area contributed by atoms with E-state index >= 15 is 0 Å². The Bertz CT molecular complexity index is 906. The van der Waals surface area contributed by atoms with Gasteiger partial charge in [-0.2, -0.15) is 0 Å². The van der Waals surface area contributed by atoms with Gasteiger partial charge in [-0.15, -0.1) is 0 Å². The molecule has 0 spiro atoms. The minimum absolute atomic E-state index is 0.164. The van der Waals surface area contributed by atoms with Gasteiger partial charge in [0, 0.05) is 29.3 Å². The van der Waals surface area contributed by atoms with Gasteiger partial charge in [0.05, 0.1) is 11.4 Å². The summed E-state index contributed by atoms with van der Waals surface area (Å²) in [6.07, 6.45) is 5.11. The van der Waals surface area contributed by atoms with Crippen LogP contribution in [0.1, 0.15) is 37.3 Å². The molecule has 6 nitrogen and oxygen atoms in total. The van der Waals surface area contributed by atoms with Crippen LogP contribution in [-0.4, -0.2) is 11.9 Å². The van der Waals surface area contributed by atoms with Crippen LogP contribution in [0.3, 0.4) is 0 Å². The SMILES string of the molecule is CC1CCc2c(ccc(/C(=C/N)NN)c2Oc2ccccc2)N1C(=O)C1CC1. The Morgan fingerprint density at radius 3 is 2.57 bits per heavy atom. The van der Waals surface area contributed by atoms with E-state index in [0.29, 0.717) is 11.4 Å². The fourth-order valence-corrected chi connectivity index (χ4v) is 3.82. The fraction of sp³-hybridized carbons (Fsp3) is 0.318. The molecule has 1 amide bonds. The summed E-state index contributed by atoms with van der Waals surface area (Å²) in [6.45, 7) is 2.11. The number of para-hydroxylation sites is 1. The Hall–Kier alpha value is -2.99. The van der Waals surface area contributed by atoms with Crippen LogP contribution in [0.2, 0.25) is 0 Å². The van der Waals surface area contributed by atoms with Crippen molar-refractivity contribution in [2.24, 2.45) is 17.5 Å². The summed E-state index contributed by atoms with van der Waals surface area (Å²) < 4.78 is 6.30. The molecule has 28 heavy (non-hydrogen) atoms. The van der Waals surface area contributed by atoms with Crippen LogP contribution in [-0.2, 0) is 11.2 Å². The van der Waals surface area contributed by atoms with Crippen LogP contribution in [0, 0.1) is 5.92 Å². The smallest absolute Gasteiger partial charge is 0.230 e. The van der Waals surface area contributed by atoms with E-state index in [1.54, 1.807) is 0 Å². The highest BCUT2D eigenvalue weighted by Crippen LogP contribution is 2.44. The molecule has 1 saturated carbocycles. The molecule has 0 radical (unpaired) electrons. The minimum atomic E-state index is 0.164. The second-order valence-electron chi connectivity index (χ2n) is 7.45. The van der Waals surface area contributed by atoms with Gasteiger partial charge >= 0.3 is 0 Å². The molecule has 146 valence electrons.